The number of carbonyl (C=O) groups excluding carboxylic acids is 2. The zero-order valence-electron chi connectivity index (χ0n) is 21.9. The summed E-state index contributed by atoms with van der Waals surface area (Å²) in [5, 5.41) is 3.29. The molecule has 2 aliphatic heterocycles. The van der Waals surface area contributed by atoms with Gasteiger partial charge in [0.25, 0.3) is 0 Å². The van der Waals surface area contributed by atoms with Crippen LogP contribution in [0.15, 0.2) is 18.2 Å². The number of amides is 1. The molecule has 1 aliphatic carbocycles. The third kappa shape index (κ3) is 6.06. The number of ether oxygens (including phenoxy) is 2. The SMILES string of the molecule is CCOC(=O)CNC1CCN([C@@H]2CC[C@@](C(=O)N3COc4ccc(C(F)(F)F)cc4C3)(C(C)C)C2)CC1. The van der Waals surface area contributed by atoms with Crippen LogP contribution in [0, 0.1) is 11.3 Å². The number of carbonyl (C=O) groups is 2. The highest BCUT2D eigenvalue weighted by Gasteiger charge is 2.51. The molecule has 2 atom stereocenters. The first kappa shape index (κ1) is 27.7. The van der Waals surface area contributed by atoms with E-state index in [9.17, 15) is 22.8 Å². The summed E-state index contributed by atoms with van der Waals surface area (Å²) in [7, 11) is 0. The van der Waals surface area contributed by atoms with Crippen molar-refractivity contribution in [1.29, 1.82) is 0 Å². The predicted octanol–water partition coefficient (Wildman–Crippen LogP) is 4.20. The van der Waals surface area contributed by atoms with E-state index in [1.165, 1.54) is 6.07 Å². The second-order valence-electron chi connectivity index (χ2n) is 10.8. The number of rotatable bonds is 7. The summed E-state index contributed by atoms with van der Waals surface area (Å²) in [6, 6.07) is 4.00. The van der Waals surface area contributed by atoms with Crippen molar-refractivity contribution in [2.75, 3.05) is 33.0 Å². The Balaban J connectivity index is 1.37. The van der Waals surface area contributed by atoms with Crippen LogP contribution >= 0.6 is 0 Å². The van der Waals surface area contributed by atoms with Crippen molar-refractivity contribution in [3.05, 3.63) is 29.3 Å². The predicted molar refractivity (Wildman–Crippen MR) is 132 cm³/mol. The zero-order valence-corrected chi connectivity index (χ0v) is 21.9. The standard InChI is InChI=1S/C27H38F3N3O4/c1-4-36-24(34)15-31-21-8-11-32(12-9-21)22-7-10-26(14-22,18(2)3)25(35)33-16-19-13-20(27(28,29)30)5-6-23(19)37-17-33/h5-6,13,18,21-22,31H,4,7-12,14-17H2,1-3H3/t22-,26+/m1/s1. The molecule has 0 unspecified atom stereocenters. The number of halogens is 3. The Bertz CT molecular complexity index is 978. The molecule has 0 bridgehead atoms. The molecular weight excluding hydrogens is 487 g/mol. The Kier molecular flexibility index (Phi) is 8.38. The molecule has 37 heavy (non-hydrogen) atoms. The molecule has 7 nitrogen and oxygen atoms in total. The van der Waals surface area contributed by atoms with Crippen molar-refractivity contribution in [3.63, 3.8) is 0 Å². The van der Waals surface area contributed by atoms with E-state index in [0.717, 1.165) is 57.3 Å². The molecular formula is C27H38F3N3O4. The van der Waals surface area contributed by atoms with E-state index in [0.29, 0.717) is 17.9 Å². The molecule has 2 heterocycles. The fourth-order valence-corrected chi connectivity index (χ4v) is 6.10. The first-order valence-electron chi connectivity index (χ1n) is 13.3. The maximum absolute atomic E-state index is 13.9. The summed E-state index contributed by atoms with van der Waals surface area (Å²) in [4.78, 5) is 29.6. The largest absolute Gasteiger partial charge is 0.473 e. The lowest BCUT2D eigenvalue weighted by molar-refractivity contribution is -0.150. The van der Waals surface area contributed by atoms with Crippen molar-refractivity contribution in [2.24, 2.45) is 11.3 Å². The summed E-state index contributed by atoms with van der Waals surface area (Å²) in [6.45, 7) is 8.48. The van der Waals surface area contributed by atoms with Gasteiger partial charge in [0.05, 0.1) is 30.7 Å². The van der Waals surface area contributed by atoms with Crippen LogP contribution in [0.5, 0.6) is 5.75 Å². The molecule has 1 aromatic carbocycles. The molecule has 0 aromatic heterocycles. The second-order valence-corrected chi connectivity index (χ2v) is 10.8. The van der Waals surface area contributed by atoms with Crippen LogP contribution in [0.4, 0.5) is 13.2 Å². The van der Waals surface area contributed by atoms with E-state index >= 15 is 0 Å². The molecule has 1 saturated heterocycles. The molecule has 206 valence electrons. The molecule has 2 fully saturated rings. The van der Waals surface area contributed by atoms with Gasteiger partial charge in [0, 0.05) is 17.6 Å². The van der Waals surface area contributed by atoms with E-state index in [-0.39, 0.29) is 49.7 Å². The number of hydrogen-bond acceptors (Lipinski definition) is 6. The van der Waals surface area contributed by atoms with Crippen molar-refractivity contribution < 1.29 is 32.2 Å². The van der Waals surface area contributed by atoms with E-state index in [1.807, 2.05) is 0 Å². The molecule has 1 aromatic rings. The first-order chi connectivity index (χ1) is 17.5. The van der Waals surface area contributed by atoms with E-state index in [4.69, 9.17) is 9.47 Å². The molecule has 1 N–H and O–H groups in total. The smallest absolute Gasteiger partial charge is 0.416 e. The highest BCUT2D eigenvalue weighted by Crippen LogP contribution is 2.48. The van der Waals surface area contributed by atoms with E-state index in [2.05, 4.69) is 24.1 Å². The monoisotopic (exact) mass is 525 g/mol. The third-order valence-corrected chi connectivity index (χ3v) is 8.35. The number of alkyl halides is 3. The maximum atomic E-state index is 13.9. The Labute approximate surface area is 216 Å². The quantitative estimate of drug-likeness (QED) is 0.539. The fraction of sp³-hybridized carbons (Fsp3) is 0.704. The molecule has 1 saturated carbocycles. The van der Waals surface area contributed by atoms with Crippen LogP contribution in [0.2, 0.25) is 0 Å². The van der Waals surface area contributed by atoms with Crippen molar-refractivity contribution in [2.45, 2.75) is 77.7 Å². The van der Waals surface area contributed by atoms with Gasteiger partial charge in [-0.2, -0.15) is 13.2 Å². The van der Waals surface area contributed by atoms with Crippen molar-refractivity contribution in [1.82, 2.24) is 15.1 Å². The number of likely N-dealkylation sites (tertiary alicyclic amines) is 1. The van der Waals surface area contributed by atoms with Gasteiger partial charge in [0.15, 0.2) is 6.73 Å². The van der Waals surface area contributed by atoms with Gasteiger partial charge in [0.1, 0.15) is 5.75 Å². The van der Waals surface area contributed by atoms with Gasteiger partial charge in [0.2, 0.25) is 5.91 Å². The normalized spacial score (nSPS) is 25.2. The van der Waals surface area contributed by atoms with Crippen LogP contribution in [0.1, 0.15) is 64.0 Å². The number of fused-ring (bicyclic) bond motifs is 1. The van der Waals surface area contributed by atoms with Crippen LogP contribution < -0.4 is 10.1 Å². The minimum absolute atomic E-state index is 0.0287. The lowest BCUT2D eigenvalue weighted by Gasteiger charge is -2.41. The summed E-state index contributed by atoms with van der Waals surface area (Å²) in [5.74, 6) is 0.232. The number of piperidine rings is 1. The number of benzene rings is 1. The average Bonchev–Trinajstić information content (AvgIpc) is 3.33. The first-order valence-corrected chi connectivity index (χ1v) is 13.3. The van der Waals surface area contributed by atoms with E-state index < -0.39 is 17.2 Å². The molecule has 4 rings (SSSR count). The summed E-state index contributed by atoms with van der Waals surface area (Å²) in [5.41, 5.74) is -0.907. The van der Waals surface area contributed by atoms with Crippen LogP contribution in [0.3, 0.4) is 0 Å². The number of hydrogen-bond donors (Lipinski definition) is 1. The Morgan fingerprint density at radius 2 is 1.95 bits per heavy atom. The van der Waals surface area contributed by atoms with Gasteiger partial charge in [-0.1, -0.05) is 13.8 Å². The highest BCUT2D eigenvalue weighted by atomic mass is 19.4. The van der Waals surface area contributed by atoms with Crippen LogP contribution in [0.25, 0.3) is 0 Å². The molecule has 0 radical (unpaired) electrons. The summed E-state index contributed by atoms with van der Waals surface area (Å²) >= 11 is 0. The van der Waals surface area contributed by atoms with Gasteiger partial charge < -0.3 is 24.6 Å². The third-order valence-electron chi connectivity index (χ3n) is 8.35. The Hall–Kier alpha value is -2.33. The molecule has 1 amide bonds. The van der Waals surface area contributed by atoms with Gasteiger partial charge in [-0.15, -0.1) is 0 Å². The summed E-state index contributed by atoms with van der Waals surface area (Å²) < 4.78 is 50.4. The highest BCUT2D eigenvalue weighted by molar-refractivity contribution is 5.83. The van der Waals surface area contributed by atoms with Crippen molar-refractivity contribution >= 4 is 11.9 Å². The summed E-state index contributed by atoms with van der Waals surface area (Å²) in [6.07, 6.45) is -0.194. The minimum Gasteiger partial charge on any atom is -0.473 e. The number of nitrogens with zero attached hydrogens (tertiary/aromatic N) is 2. The zero-order chi connectivity index (χ0) is 26.8. The average molecular weight is 526 g/mol. The Morgan fingerprint density at radius 1 is 1.22 bits per heavy atom. The van der Waals surface area contributed by atoms with Gasteiger partial charge in [-0.05, 0) is 76.2 Å². The maximum Gasteiger partial charge on any atom is 0.416 e. The van der Waals surface area contributed by atoms with Gasteiger partial charge >= 0.3 is 12.1 Å². The lowest BCUT2D eigenvalue weighted by Crippen LogP contribution is -2.50. The second kappa shape index (κ2) is 11.2. The molecule has 0 spiro atoms. The molecule has 10 heteroatoms. The number of nitrogens with one attached hydrogen (secondary N) is 1. The van der Waals surface area contributed by atoms with Crippen LogP contribution in [-0.2, 0) is 27.0 Å². The van der Waals surface area contributed by atoms with Crippen LogP contribution in [-0.4, -0.2) is 66.7 Å². The van der Waals surface area contributed by atoms with Gasteiger partial charge in [-0.3, -0.25) is 9.59 Å². The lowest BCUT2D eigenvalue weighted by atomic mass is 9.74. The topological polar surface area (TPSA) is 71.1 Å². The van der Waals surface area contributed by atoms with E-state index in [1.54, 1.807) is 11.8 Å². The minimum atomic E-state index is -4.44. The fourth-order valence-electron chi connectivity index (χ4n) is 6.10. The number of esters is 1. The Morgan fingerprint density at radius 3 is 2.59 bits per heavy atom. The molecule has 3 aliphatic rings. The van der Waals surface area contributed by atoms with Gasteiger partial charge in [-0.25, -0.2) is 0 Å². The van der Waals surface area contributed by atoms with Crippen molar-refractivity contribution in [3.8, 4) is 5.75 Å².